The molecule has 0 bridgehead atoms. The predicted octanol–water partition coefficient (Wildman–Crippen LogP) is 4.78. The Bertz CT molecular complexity index is 1150. The van der Waals surface area contributed by atoms with Crippen molar-refractivity contribution >= 4 is 28.5 Å². The number of pyridine rings is 1. The van der Waals surface area contributed by atoms with Crippen LogP contribution in [0.2, 0.25) is 0 Å². The molecule has 4 rings (SSSR count). The monoisotopic (exact) mass is 400 g/mol. The Balaban J connectivity index is 0.000000199. The number of carboxylic acid groups (broad SMARTS) is 2. The van der Waals surface area contributed by atoms with Gasteiger partial charge in [-0.25, -0.2) is 9.78 Å². The largest absolute Gasteiger partial charge is 0.480 e. The zero-order chi connectivity index (χ0) is 21.3. The summed E-state index contributed by atoms with van der Waals surface area (Å²) in [6.45, 7) is -0.0377. The summed E-state index contributed by atoms with van der Waals surface area (Å²) in [5, 5.41) is 21.0. The molecule has 6 nitrogen and oxygen atoms in total. The second-order valence-electron chi connectivity index (χ2n) is 6.36. The highest BCUT2D eigenvalue weighted by atomic mass is 16.4. The molecule has 0 aliphatic carbocycles. The Morgan fingerprint density at radius 3 is 2.03 bits per heavy atom. The van der Waals surface area contributed by atoms with Crippen LogP contribution in [0.4, 0.5) is 5.69 Å². The maximum absolute atomic E-state index is 11.4. The number of aromatic nitrogens is 1. The van der Waals surface area contributed by atoms with E-state index in [1.54, 1.807) is 12.1 Å². The highest BCUT2D eigenvalue weighted by Gasteiger charge is 2.12. The van der Waals surface area contributed by atoms with Gasteiger partial charge >= 0.3 is 11.9 Å². The highest BCUT2D eigenvalue weighted by molar-refractivity contribution is 6.03. The molecular weight excluding hydrogens is 380 g/mol. The number of benzene rings is 3. The number of hydrogen-bond donors (Lipinski definition) is 3. The first-order chi connectivity index (χ1) is 14.5. The Kier molecular flexibility index (Phi) is 6.74. The standard InChI is InChI=1S/C16H11NO2.C8H9NO2/c18-16(19)13-10-15(11-6-2-1-3-7-11)17-14-9-5-4-8-12(13)14;10-8(11)6-9-7-4-2-1-3-5-7/h1-10H,(H,18,19);1-5,9H,6H2,(H,10,11). The second-order valence-corrected chi connectivity index (χ2v) is 6.36. The van der Waals surface area contributed by atoms with Gasteiger partial charge in [0.15, 0.2) is 0 Å². The summed E-state index contributed by atoms with van der Waals surface area (Å²) in [6.07, 6.45) is 0. The molecule has 150 valence electrons. The molecule has 0 saturated carbocycles. The van der Waals surface area contributed by atoms with Crippen LogP contribution in [0.25, 0.3) is 22.2 Å². The van der Waals surface area contributed by atoms with Gasteiger partial charge in [0.25, 0.3) is 0 Å². The van der Waals surface area contributed by atoms with Crippen molar-refractivity contribution in [3.05, 3.63) is 96.6 Å². The van der Waals surface area contributed by atoms with Gasteiger partial charge in [-0.15, -0.1) is 0 Å². The lowest BCUT2D eigenvalue weighted by molar-refractivity contribution is -0.134. The molecular formula is C24H20N2O4. The molecule has 0 aliphatic rings. The summed E-state index contributed by atoms with van der Waals surface area (Å²) in [6, 6.07) is 27.7. The zero-order valence-electron chi connectivity index (χ0n) is 16.0. The van der Waals surface area contributed by atoms with E-state index in [4.69, 9.17) is 5.11 Å². The van der Waals surface area contributed by atoms with Crippen LogP contribution in [0.1, 0.15) is 10.4 Å². The number of aromatic carboxylic acids is 1. The van der Waals surface area contributed by atoms with E-state index in [0.29, 0.717) is 16.6 Å². The van der Waals surface area contributed by atoms with Gasteiger partial charge in [0.05, 0.1) is 16.8 Å². The number of para-hydroxylation sites is 2. The summed E-state index contributed by atoms with van der Waals surface area (Å²) in [7, 11) is 0. The highest BCUT2D eigenvalue weighted by Crippen LogP contribution is 2.24. The van der Waals surface area contributed by atoms with Crippen molar-refractivity contribution in [1.82, 2.24) is 4.98 Å². The van der Waals surface area contributed by atoms with Gasteiger partial charge < -0.3 is 15.5 Å². The average molecular weight is 400 g/mol. The maximum atomic E-state index is 11.4. The number of carboxylic acids is 2. The van der Waals surface area contributed by atoms with E-state index in [0.717, 1.165) is 11.3 Å². The fourth-order valence-electron chi connectivity index (χ4n) is 2.84. The predicted molar refractivity (Wildman–Crippen MR) is 117 cm³/mol. The average Bonchev–Trinajstić information content (AvgIpc) is 2.78. The molecule has 4 aromatic rings. The summed E-state index contributed by atoms with van der Waals surface area (Å²) < 4.78 is 0. The number of anilines is 1. The van der Waals surface area contributed by atoms with Crippen LogP contribution < -0.4 is 5.32 Å². The summed E-state index contributed by atoms with van der Waals surface area (Å²) in [5.74, 6) is -1.79. The van der Waals surface area contributed by atoms with Crippen LogP contribution in [0.15, 0.2) is 91.0 Å². The lowest BCUT2D eigenvalue weighted by Gasteiger charge is -2.06. The number of nitrogens with one attached hydrogen (secondary N) is 1. The van der Waals surface area contributed by atoms with Gasteiger partial charge in [0, 0.05) is 16.6 Å². The number of fused-ring (bicyclic) bond motifs is 1. The smallest absolute Gasteiger partial charge is 0.336 e. The molecule has 0 amide bonds. The van der Waals surface area contributed by atoms with Crippen molar-refractivity contribution in [2.75, 3.05) is 11.9 Å². The van der Waals surface area contributed by atoms with Crippen molar-refractivity contribution in [3.63, 3.8) is 0 Å². The molecule has 30 heavy (non-hydrogen) atoms. The van der Waals surface area contributed by atoms with Crippen LogP contribution in [0.3, 0.4) is 0 Å². The number of nitrogens with zero attached hydrogens (tertiary/aromatic N) is 1. The first kappa shape index (κ1) is 20.5. The van der Waals surface area contributed by atoms with Gasteiger partial charge in [-0.2, -0.15) is 0 Å². The van der Waals surface area contributed by atoms with Crippen molar-refractivity contribution in [2.45, 2.75) is 0 Å². The van der Waals surface area contributed by atoms with Gasteiger partial charge in [-0.05, 0) is 24.3 Å². The van der Waals surface area contributed by atoms with E-state index < -0.39 is 11.9 Å². The van der Waals surface area contributed by atoms with E-state index in [-0.39, 0.29) is 12.1 Å². The van der Waals surface area contributed by atoms with Crippen LogP contribution in [-0.2, 0) is 4.79 Å². The molecule has 3 aromatic carbocycles. The molecule has 6 heteroatoms. The SMILES string of the molecule is O=C(O)CNc1ccccc1.O=C(O)c1cc(-c2ccccc2)nc2ccccc12. The minimum absolute atomic E-state index is 0.0377. The molecule has 3 N–H and O–H groups in total. The Labute approximate surface area is 173 Å². The van der Waals surface area contributed by atoms with Crippen molar-refractivity contribution < 1.29 is 19.8 Å². The minimum Gasteiger partial charge on any atom is -0.480 e. The van der Waals surface area contributed by atoms with E-state index in [2.05, 4.69) is 10.3 Å². The van der Waals surface area contributed by atoms with Crippen LogP contribution in [-0.4, -0.2) is 33.7 Å². The molecule has 0 saturated heterocycles. The molecule has 1 heterocycles. The number of carbonyl (C=O) groups is 2. The molecule has 0 fully saturated rings. The first-order valence-electron chi connectivity index (χ1n) is 9.24. The van der Waals surface area contributed by atoms with E-state index in [9.17, 15) is 14.7 Å². The van der Waals surface area contributed by atoms with Gasteiger partial charge in [-0.3, -0.25) is 4.79 Å². The summed E-state index contributed by atoms with van der Waals surface area (Å²) >= 11 is 0. The molecule has 1 aromatic heterocycles. The Hall–Kier alpha value is -4.19. The third kappa shape index (κ3) is 5.42. The van der Waals surface area contributed by atoms with E-state index >= 15 is 0 Å². The first-order valence-corrected chi connectivity index (χ1v) is 9.24. The fourth-order valence-corrected chi connectivity index (χ4v) is 2.84. The Morgan fingerprint density at radius 2 is 1.40 bits per heavy atom. The normalized spacial score (nSPS) is 10.0. The van der Waals surface area contributed by atoms with Crippen molar-refractivity contribution in [3.8, 4) is 11.3 Å². The topological polar surface area (TPSA) is 99.5 Å². The van der Waals surface area contributed by atoms with Gasteiger partial charge in [-0.1, -0.05) is 66.7 Å². The minimum atomic E-state index is -0.934. The summed E-state index contributed by atoms with van der Waals surface area (Å²) in [5.41, 5.74) is 3.40. The zero-order valence-corrected chi connectivity index (χ0v) is 16.0. The quantitative estimate of drug-likeness (QED) is 0.446. The van der Waals surface area contributed by atoms with Crippen molar-refractivity contribution in [2.24, 2.45) is 0 Å². The van der Waals surface area contributed by atoms with Gasteiger partial charge in [0.2, 0.25) is 0 Å². The number of aliphatic carboxylic acids is 1. The van der Waals surface area contributed by atoms with Crippen LogP contribution >= 0.6 is 0 Å². The molecule has 0 radical (unpaired) electrons. The van der Waals surface area contributed by atoms with E-state index in [1.807, 2.05) is 78.9 Å². The lowest BCUT2D eigenvalue weighted by Crippen LogP contribution is -2.11. The third-order valence-electron chi connectivity index (χ3n) is 4.23. The molecule has 0 unspecified atom stereocenters. The lowest BCUT2D eigenvalue weighted by atomic mass is 10.0. The van der Waals surface area contributed by atoms with Crippen LogP contribution in [0, 0.1) is 0 Å². The molecule has 0 atom stereocenters. The number of rotatable bonds is 5. The third-order valence-corrected chi connectivity index (χ3v) is 4.23. The fraction of sp³-hybridized carbons (Fsp3) is 0.0417. The van der Waals surface area contributed by atoms with Crippen molar-refractivity contribution in [1.29, 1.82) is 0 Å². The van der Waals surface area contributed by atoms with Crippen LogP contribution in [0.5, 0.6) is 0 Å². The maximum Gasteiger partial charge on any atom is 0.336 e. The molecule has 0 aliphatic heterocycles. The Morgan fingerprint density at radius 1 is 0.800 bits per heavy atom. The molecule has 0 spiro atoms. The van der Waals surface area contributed by atoms with E-state index in [1.165, 1.54) is 0 Å². The van der Waals surface area contributed by atoms with Gasteiger partial charge in [0.1, 0.15) is 6.54 Å². The summed E-state index contributed by atoms with van der Waals surface area (Å²) in [4.78, 5) is 26.0. The second kappa shape index (κ2) is 9.84. The number of hydrogen-bond acceptors (Lipinski definition) is 4.